The molecule has 0 aliphatic heterocycles. The number of carbonyl (C=O) groups excluding carboxylic acids is 1. The normalized spacial score (nSPS) is 11.6. The summed E-state index contributed by atoms with van der Waals surface area (Å²) in [4.78, 5) is 22.6. The van der Waals surface area contributed by atoms with Crippen LogP contribution in [0.15, 0.2) is 48.5 Å². The molecule has 0 saturated heterocycles. The number of amides is 1. The average Bonchev–Trinajstić information content (AvgIpc) is 2.60. The van der Waals surface area contributed by atoms with E-state index in [0.29, 0.717) is 11.3 Å². The quantitative estimate of drug-likeness (QED) is 0.582. The Bertz CT molecular complexity index is 731. The molecule has 0 radical (unpaired) electrons. The number of nitrogens with zero attached hydrogens (tertiary/aromatic N) is 1. The van der Waals surface area contributed by atoms with E-state index in [4.69, 9.17) is 4.74 Å². The van der Waals surface area contributed by atoms with Gasteiger partial charge in [0.15, 0.2) is 6.61 Å². The molecule has 1 N–H and O–H groups in total. The molecule has 2 rings (SSSR count). The lowest BCUT2D eigenvalue weighted by molar-refractivity contribution is -0.385. The summed E-state index contributed by atoms with van der Waals surface area (Å²) in [6, 6.07) is 14.2. The first-order valence-electron chi connectivity index (χ1n) is 8.23. The SMILES string of the molecule is CCCC(NC(=O)COc1ccc([N+](=O)[O-])c(C)c1)c1ccccc1. The number of rotatable bonds is 8. The molecule has 0 heterocycles. The van der Waals surface area contributed by atoms with Crippen LogP contribution in [-0.2, 0) is 4.79 Å². The molecule has 2 aromatic carbocycles. The minimum atomic E-state index is -0.443. The molecule has 0 fully saturated rings. The number of benzene rings is 2. The number of nitro groups is 1. The molecule has 6 heteroatoms. The van der Waals surface area contributed by atoms with Gasteiger partial charge in [-0.25, -0.2) is 0 Å². The van der Waals surface area contributed by atoms with Crippen molar-refractivity contribution in [1.29, 1.82) is 0 Å². The van der Waals surface area contributed by atoms with Gasteiger partial charge in [0.2, 0.25) is 0 Å². The molecule has 2 aromatic rings. The van der Waals surface area contributed by atoms with Crippen molar-refractivity contribution in [3.63, 3.8) is 0 Å². The van der Waals surface area contributed by atoms with Gasteiger partial charge in [0, 0.05) is 11.6 Å². The molecule has 132 valence electrons. The van der Waals surface area contributed by atoms with Crippen LogP contribution in [0.1, 0.15) is 36.9 Å². The van der Waals surface area contributed by atoms with Crippen molar-refractivity contribution in [2.24, 2.45) is 0 Å². The number of nitro benzene ring substituents is 1. The summed E-state index contributed by atoms with van der Waals surface area (Å²) in [6.07, 6.45) is 1.79. The van der Waals surface area contributed by atoms with Gasteiger partial charge in [-0.05, 0) is 31.0 Å². The molecule has 6 nitrogen and oxygen atoms in total. The highest BCUT2D eigenvalue weighted by molar-refractivity contribution is 5.78. The molecule has 1 atom stereocenters. The molecule has 0 aliphatic carbocycles. The van der Waals surface area contributed by atoms with Crippen LogP contribution in [0.5, 0.6) is 5.75 Å². The highest BCUT2D eigenvalue weighted by Gasteiger charge is 2.15. The molecule has 0 aromatic heterocycles. The van der Waals surface area contributed by atoms with Crippen molar-refractivity contribution in [2.75, 3.05) is 6.61 Å². The Kier molecular flexibility index (Phi) is 6.51. The Hall–Kier alpha value is -2.89. The predicted molar refractivity (Wildman–Crippen MR) is 95.6 cm³/mol. The number of aryl methyl sites for hydroxylation is 1. The maximum absolute atomic E-state index is 12.2. The maximum Gasteiger partial charge on any atom is 0.272 e. The van der Waals surface area contributed by atoms with Crippen molar-refractivity contribution < 1.29 is 14.5 Å². The average molecular weight is 342 g/mol. The summed E-state index contributed by atoms with van der Waals surface area (Å²) in [7, 11) is 0. The Labute approximate surface area is 147 Å². The van der Waals surface area contributed by atoms with Crippen LogP contribution in [0.4, 0.5) is 5.69 Å². The summed E-state index contributed by atoms with van der Waals surface area (Å²) in [5.41, 5.74) is 1.59. The van der Waals surface area contributed by atoms with Crippen molar-refractivity contribution in [3.05, 3.63) is 69.8 Å². The second-order valence-electron chi connectivity index (χ2n) is 5.81. The highest BCUT2D eigenvalue weighted by Crippen LogP contribution is 2.23. The van der Waals surface area contributed by atoms with Crippen LogP contribution < -0.4 is 10.1 Å². The molecule has 0 bridgehead atoms. The Morgan fingerprint density at radius 1 is 1.24 bits per heavy atom. The fraction of sp³-hybridized carbons (Fsp3) is 0.316. The largest absolute Gasteiger partial charge is 0.484 e. The third-order valence-electron chi connectivity index (χ3n) is 3.85. The maximum atomic E-state index is 12.2. The number of nitrogens with one attached hydrogen (secondary N) is 1. The summed E-state index contributed by atoms with van der Waals surface area (Å²) in [5.74, 6) is 0.211. The Balaban J connectivity index is 1.95. The van der Waals surface area contributed by atoms with E-state index in [9.17, 15) is 14.9 Å². The van der Waals surface area contributed by atoms with Gasteiger partial charge < -0.3 is 10.1 Å². The van der Waals surface area contributed by atoms with E-state index >= 15 is 0 Å². The number of carbonyl (C=O) groups is 1. The smallest absolute Gasteiger partial charge is 0.272 e. The van der Waals surface area contributed by atoms with Crippen LogP contribution in [-0.4, -0.2) is 17.4 Å². The number of ether oxygens (including phenoxy) is 1. The van der Waals surface area contributed by atoms with Gasteiger partial charge in [-0.1, -0.05) is 43.7 Å². The summed E-state index contributed by atoms with van der Waals surface area (Å²) in [6.45, 7) is 3.57. The fourth-order valence-corrected chi connectivity index (χ4v) is 2.60. The highest BCUT2D eigenvalue weighted by atomic mass is 16.6. The lowest BCUT2D eigenvalue weighted by Gasteiger charge is -2.18. The molecular formula is C19H22N2O4. The Morgan fingerprint density at radius 3 is 2.56 bits per heavy atom. The molecular weight excluding hydrogens is 320 g/mol. The van der Waals surface area contributed by atoms with Crippen LogP contribution in [0.2, 0.25) is 0 Å². The van der Waals surface area contributed by atoms with Crippen molar-refractivity contribution >= 4 is 11.6 Å². The van der Waals surface area contributed by atoms with Crippen molar-refractivity contribution in [3.8, 4) is 5.75 Å². The molecule has 25 heavy (non-hydrogen) atoms. The standard InChI is InChI=1S/C19H22N2O4/c1-3-7-17(15-8-5-4-6-9-15)20-19(22)13-25-16-10-11-18(21(23)24)14(2)12-16/h4-6,8-12,17H,3,7,13H2,1-2H3,(H,20,22). The fourth-order valence-electron chi connectivity index (χ4n) is 2.60. The first kappa shape index (κ1) is 18.4. The van der Waals surface area contributed by atoms with E-state index in [1.54, 1.807) is 13.0 Å². The summed E-state index contributed by atoms with van der Waals surface area (Å²) < 4.78 is 5.46. The third kappa shape index (κ3) is 5.31. The predicted octanol–water partition coefficient (Wildman–Crippen LogP) is 3.94. The van der Waals surface area contributed by atoms with Gasteiger partial charge in [-0.15, -0.1) is 0 Å². The number of hydrogen-bond acceptors (Lipinski definition) is 4. The minimum Gasteiger partial charge on any atom is -0.484 e. The Morgan fingerprint density at radius 2 is 1.96 bits per heavy atom. The molecule has 1 amide bonds. The van der Waals surface area contributed by atoms with Gasteiger partial charge in [0.05, 0.1) is 11.0 Å². The zero-order valence-electron chi connectivity index (χ0n) is 14.4. The van der Waals surface area contributed by atoms with Crippen LogP contribution in [0.25, 0.3) is 0 Å². The first-order valence-corrected chi connectivity index (χ1v) is 8.23. The second kappa shape index (κ2) is 8.82. The minimum absolute atomic E-state index is 0.0314. The zero-order chi connectivity index (χ0) is 18.2. The van der Waals surface area contributed by atoms with E-state index < -0.39 is 4.92 Å². The van der Waals surface area contributed by atoms with E-state index in [1.165, 1.54) is 12.1 Å². The monoisotopic (exact) mass is 342 g/mol. The van der Waals surface area contributed by atoms with E-state index in [-0.39, 0.29) is 24.2 Å². The molecule has 0 spiro atoms. The topological polar surface area (TPSA) is 81.5 Å². The van der Waals surface area contributed by atoms with E-state index in [2.05, 4.69) is 12.2 Å². The zero-order valence-corrected chi connectivity index (χ0v) is 14.4. The molecule has 1 unspecified atom stereocenters. The van der Waals surface area contributed by atoms with Crippen molar-refractivity contribution in [2.45, 2.75) is 32.7 Å². The lowest BCUT2D eigenvalue weighted by Crippen LogP contribution is -2.32. The van der Waals surface area contributed by atoms with E-state index in [1.807, 2.05) is 30.3 Å². The third-order valence-corrected chi connectivity index (χ3v) is 3.85. The lowest BCUT2D eigenvalue weighted by atomic mass is 10.0. The molecule has 0 aliphatic rings. The van der Waals surface area contributed by atoms with Crippen molar-refractivity contribution in [1.82, 2.24) is 5.32 Å². The molecule has 0 saturated carbocycles. The second-order valence-corrected chi connectivity index (χ2v) is 5.81. The van der Waals surface area contributed by atoms with Gasteiger partial charge in [-0.2, -0.15) is 0 Å². The van der Waals surface area contributed by atoms with Crippen LogP contribution in [0.3, 0.4) is 0 Å². The van der Waals surface area contributed by atoms with Gasteiger partial charge in [-0.3, -0.25) is 14.9 Å². The van der Waals surface area contributed by atoms with Crippen LogP contribution in [0, 0.1) is 17.0 Å². The summed E-state index contributed by atoms with van der Waals surface area (Å²) in [5, 5.41) is 13.8. The van der Waals surface area contributed by atoms with E-state index in [0.717, 1.165) is 18.4 Å². The van der Waals surface area contributed by atoms with Gasteiger partial charge >= 0.3 is 0 Å². The van der Waals surface area contributed by atoms with Gasteiger partial charge in [0.25, 0.3) is 11.6 Å². The number of hydrogen-bond donors (Lipinski definition) is 1. The van der Waals surface area contributed by atoms with Crippen LogP contribution >= 0.6 is 0 Å². The first-order chi connectivity index (χ1) is 12.0. The van der Waals surface area contributed by atoms with Gasteiger partial charge in [0.1, 0.15) is 5.75 Å². The summed E-state index contributed by atoms with van der Waals surface area (Å²) >= 11 is 0.